The second-order valence-electron chi connectivity index (χ2n) is 7.53. The lowest BCUT2D eigenvalue weighted by Gasteiger charge is -2.32. The van der Waals surface area contributed by atoms with Gasteiger partial charge in [-0.15, -0.1) is 0 Å². The Hall–Kier alpha value is -2.47. The number of ether oxygens (including phenoxy) is 2. The lowest BCUT2D eigenvalue weighted by Crippen LogP contribution is -2.34. The predicted molar refractivity (Wildman–Crippen MR) is 118 cm³/mol. The van der Waals surface area contributed by atoms with Crippen LogP contribution in [0.1, 0.15) is 25.3 Å². The maximum atomic E-state index is 5.61. The molecule has 0 aromatic heterocycles. The van der Waals surface area contributed by atoms with Gasteiger partial charge in [-0.1, -0.05) is 19.1 Å². The highest BCUT2D eigenvalue weighted by atomic mass is 32.1. The van der Waals surface area contributed by atoms with E-state index in [0.29, 0.717) is 24.9 Å². The Bertz CT molecular complexity index is 825. The molecule has 148 valence electrons. The van der Waals surface area contributed by atoms with Crippen molar-refractivity contribution in [1.82, 2.24) is 5.32 Å². The van der Waals surface area contributed by atoms with Crippen LogP contribution in [0.2, 0.25) is 0 Å². The molecule has 0 radical (unpaired) electrons. The quantitative estimate of drug-likeness (QED) is 0.755. The van der Waals surface area contributed by atoms with Gasteiger partial charge in [-0.05, 0) is 60.8 Å². The number of fused-ring (bicyclic) bond motifs is 1. The summed E-state index contributed by atoms with van der Waals surface area (Å²) in [6.45, 7) is 6.50. The number of hydrogen-bond acceptors (Lipinski definition) is 4. The third-order valence-corrected chi connectivity index (χ3v) is 5.46. The monoisotopic (exact) mass is 397 g/mol. The Balaban J connectivity index is 1.28. The van der Waals surface area contributed by atoms with Crippen LogP contribution in [0.3, 0.4) is 0 Å². The zero-order valence-corrected chi connectivity index (χ0v) is 17.1. The molecule has 5 nitrogen and oxygen atoms in total. The van der Waals surface area contributed by atoms with E-state index in [1.807, 2.05) is 18.2 Å². The van der Waals surface area contributed by atoms with Crippen molar-refractivity contribution in [3.8, 4) is 11.5 Å². The molecule has 0 bridgehead atoms. The van der Waals surface area contributed by atoms with E-state index in [1.54, 1.807) is 0 Å². The van der Waals surface area contributed by atoms with Gasteiger partial charge < -0.3 is 25.0 Å². The first-order valence-corrected chi connectivity index (χ1v) is 10.4. The van der Waals surface area contributed by atoms with Crippen LogP contribution in [-0.4, -0.2) is 31.4 Å². The highest BCUT2D eigenvalue weighted by Gasteiger charge is 2.16. The summed E-state index contributed by atoms with van der Waals surface area (Å²) < 4.78 is 11.2. The van der Waals surface area contributed by atoms with Crippen molar-refractivity contribution >= 4 is 28.7 Å². The molecule has 1 saturated heterocycles. The van der Waals surface area contributed by atoms with Crippen molar-refractivity contribution in [2.75, 3.05) is 36.5 Å². The third kappa shape index (κ3) is 4.68. The lowest BCUT2D eigenvalue weighted by atomic mass is 9.99. The smallest absolute Gasteiger partial charge is 0.171 e. The van der Waals surface area contributed by atoms with Gasteiger partial charge in [0, 0.05) is 37.1 Å². The second kappa shape index (κ2) is 8.69. The molecule has 0 amide bonds. The molecule has 4 rings (SSSR count). The van der Waals surface area contributed by atoms with Crippen molar-refractivity contribution in [1.29, 1.82) is 0 Å². The first kappa shape index (κ1) is 18.9. The van der Waals surface area contributed by atoms with E-state index in [1.165, 1.54) is 24.1 Å². The van der Waals surface area contributed by atoms with Crippen molar-refractivity contribution in [3.63, 3.8) is 0 Å². The molecule has 1 atom stereocenters. The zero-order chi connectivity index (χ0) is 19.3. The number of hydrogen-bond donors (Lipinski definition) is 2. The van der Waals surface area contributed by atoms with Crippen LogP contribution < -0.4 is 25.0 Å². The Morgan fingerprint density at radius 3 is 2.68 bits per heavy atom. The Morgan fingerprint density at radius 1 is 1.11 bits per heavy atom. The summed E-state index contributed by atoms with van der Waals surface area (Å²) in [5.41, 5.74) is 3.41. The number of anilines is 2. The number of nitrogens with one attached hydrogen (secondary N) is 2. The Morgan fingerprint density at radius 2 is 1.89 bits per heavy atom. The minimum atomic E-state index is 0.575. The molecule has 2 aliphatic heterocycles. The molecule has 0 aliphatic carbocycles. The molecule has 6 heteroatoms. The number of piperidine rings is 1. The van der Waals surface area contributed by atoms with E-state index in [9.17, 15) is 0 Å². The summed E-state index contributed by atoms with van der Waals surface area (Å²) >= 11 is 5.43. The minimum absolute atomic E-state index is 0.575. The van der Waals surface area contributed by atoms with Crippen molar-refractivity contribution in [2.24, 2.45) is 5.92 Å². The van der Waals surface area contributed by atoms with Crippen LogP contribution in [0.4, 0.5) is 11.4 Å². The topological polar surface area (TPSA) is 45.8 Å². The number of benzene rings is 2. The van der Waals surface area contributed by atoms with Gasteiger partial charge in [-0.2, -0.15) is 0 Å². The van der Waals surface area contributed by atoms with E-state index < -0.39 is 0 Å². The van der Waals surface area contributed by atoms with Gasteiger partial charge in [0.25, 0.3) is 0 Å². The highest BCUT2D eigenvalue weighted by Crippen LogP contribution is 2.32. The molecule has 1 fully saturated rings. The van der Waals surface area contributed by atoms with Crippen LogP contribution in [0.15, 0.2) is 42.5 Å². The zero-order valence-electron chi connectivity index (χ0n) is 16.2. The summed E-state index contributed by atoms with van der Waals surface area (Å²) in [6, 6.07) is 14.5. The molecule has 0 spiro atoms. The normalized spacial score (nSPS) is 18.5. The molecular formula is C22H27N3O2S. The summed E-state index contributed by atoms with van der Waals surface area (Å²) in [4.78, 5) is 2.49. The molecule has 2 aromatic carbocycles. The van der Waals surface area contributed by atoms with Crippen molar-refractivity contribution < 1.29 is 9.47 Å². The number of thiocarbonyl (C=S) groups is 1. The van der Waals surface area contributed by atoms with Crippen molar-refractivity contribution in [2.45, 2.75) is 26.3 Å². The van der Waals surface area contributed by atoms with Crippen molar-refractivity contribution in [3.05, 3.63) is 48.0 Å². The van der Waals surface area contributed by atoms with Crippen LogP contribution in [0.25, 0.3) is 0 Å². The lowest BCUT2D eigenvalue weighted by molar-refractivity contribution is 0.171. The van der Waals surface area contributed by atoms with Crippen LogP contribution >= 0.6 is 12.2 Å². The molecule has 28 heavy (non-hydrogen) atoms. The second-order valence-corrected chi connectivity index (χ2v) is 7.93. The molecule has 0 saturated carbocycles. The average Bonchev–Trinajstić information content (AvgIpc) is 2.72. The van der Waals surface area contributed by atoms with Gasteiger partial charge >= 0.3 is 0 Å². The van der Waals surface area contributed by atoms with Crippen LogP contribution in [-0.2, 0) is 6.54 Å². The van der Waals surface area contributed by atoms with Gasteiger partial charge in [0.1, 0.15) is 13.2 Å². The van der Waals surface area contributed by atoms with Gasteiger partial charge in [0.2, 0.25) is 0 Å². The first-order valence-electron chi connectivity index (χ1n) is 9.96. The first-order chi connectivity index (χ1) is 13.7. The van der Waals surface area contributed by atoms with E-state index in [-0.39, 0.29) is 0 Å². The molecule has 2 aromatic rings. The van der Waals surface area contributed by atoms with Gasteiger partial charge in [-0.25, -0.2) is 0 Å². The highest BCUT2D eigenvalue weighted by molar-refractivity contribution is 7.80. The number of rotatable bonds is 4. The van der Waals surface area contributed by atoms with E-state index in [4.69, 9.17) is 21.7 Å². The summed E-state index contributed by atoms with van der Waals surface area (Å²) in [6.07, 6.45) is 2.62. The third-order valence-electron chi connectivity index (χ3n) is 5.21. The SMILES string of the molecule is C[C@H]1CCCN(c2ccc(CNC(=S)Nc3ccc4c(c3)OCCO4)cc2)C1. The van der Waals surface area contributed by atoms with E-state index in [2.05, 4.69) is 46.7 Å². The van der Waals surface area contributed by atoms with E-state index >= 15 is 0 Å². The maximum Gasteiger partial charge on any atom is 0.171 e. The fourth-order valence-corrected chi connectivity index (χ4v) is 3.92. The maximum absolute atomic E-state index is 5.61. The van der Waals surface area contributed by atoms with Gasteiger partial charge in [-0.3, -0.25) is 0 Å². The van der Waals surface area contributed by atoms with Gasteiger partial charge in [0.15, 0.2) is 16.6 Å². The number of nitrogens with zero attached hydrogens (tertiary/aromatic N) is 1. The fourth-order valence-electron chi connectivity index (χ4n) is 3.73. The van der Waals surface area contributed by atoms with Crippen LogP contribution in [0, 0.1) is 5.92 Å². The van der Waals surface area contributed by atoms with Gasteiger partial charge in [0.05, 0.1) is 0 Å². The average molecular weight is 398 g/mol. The minimum Gasteiger partial charge on any atom is -0.486 e. The molecule has 2 heterocycles. The largest absolute Gasteiger partial charge is 0.486 e. The molecular weight excluding hydrogens is 370 g/mol. The summed E-state index contributed by atoms with van der Waals surface area (Å²) in [5, 5.41) is 7.06. The molecule has 2 N–H and O–H groups in total. The summed E-state index contributed by atoms with van der Waals surface area (Å²) in [7, 11) is 0. The molecule has 0 unspecified atom stereocenters. The Kier molecular flexibility index (Phi) is 5.86. The molecule has 2 aliphatic rings. The Labute approximate surface area is 172 Å². The predicted octanol–water partition coefficient (Wildman–Crippen LogP) is 4.18. The standard InChI is InChI=1S/C22H27N3O2S/c1-16-3-2-10-25(15-16)19-7-4-17(5-8-19)14-23-22(28)24-18-6-9-20-21(13-18)27-12-11-26-20/h4-9,13,16H,2-3,10-12,14-15H2,1H3,(H2,23,24,28)/t16-/m0/s1. The van der Waals surface area contributed by atoms with Crippen LogP contribution in [0.5, 0.6) is 11.5 Å². The van der Waals surface area contributed by atoms with E-state index in [0.717, 1.165) is 36.2 Å². The summed E-state index contributed by atoms with van der Waals surface area (Å²) in [5.74, 6) is 2.31. The fraction of sp³-hybridized carbons (Fsp3) is 0.409.